The maximum Gasteiger partial charge on any atom is 0.163 e. The number of rotatable bonds is 4. The molecule has 5 nitrogen and oxygen atoms in total. The maximum absolute atomic E-state index is 9.07. The molecule has 0 fully saturated rings. The van der Waals surface area contributed by atoms with Crippen LogP contribution in [0.25, 0.3) is 0 Å². The molecule has 1 atom stereocenters. The van der Waals surface area contributed by atoms with E-state index in [4.69, 9.17) is 15.5 Å². The van der Waals surface area contributed by atoms with E-state index in [1.807, 2.05) is 6.07 Å². The molecule has 0 saturated heterocycles. The van der Waals surface area contributed by atoms with Gasteiger partial charge in [-0.1, -0.05) is 0 Å². The molecule has 1 aromatic heterocycles. The van der Waals surface area contributed by atoms with Gasteiger partial charge in [0.2, 0.25) is 0 Å². The van der Waals surface area contributed by atoms with Gasteiger partial charge in [-0.3, -0.25) is 0 Å². The third kappa shape index (κ3) is 2.69. The first-order valence-electron chi connectivity index (χ1n) is 4.16. The highest BCUT2D eigenvalue weighted by atomic mass is 16.3. The van der Waals surface area contributed by atoms with Crippen LogP contribution in [0.3, 0.4) is 0 Å². The molecular weight excluding hydrogens is 182 g/mol. The standard InChI is InChI=1S/C9H11N3O2/c10-4-9-8(2-1-3-11-9)12-5-7(14)6-13/h1-3,7,12-14H,5-6H2. The number of nitrogens with zero attached hydrogens (tertiary/aromatic N) is 2. The quantitative estimate of drug-likeness (QED) is 0.612. The van der Waals surface area contributed by atoms with Crippen LogP contribution < -0.4 is 5.32 Å². The van der Waals surface area contributed by atoms with Gasteiger partial charge in [0.1, 0.15) is 6.07 Å². The SMILES string of the molecule is N#Cc1ncccc1NCC(O)CO. The fraction of sp³-hybridized carbons (Fsp3) is 0.333. The van der Waals surface area contributed by atoms with Gasteiger partial charge in [-0.25, -0.2) is 4.98 Å². The predicted molar refractivity (Wildman–Crippen MR) is 50.5 cm³/mol. The summed E-state index contributed by atoms with van der Waals surface area (Å²) in [7, 11) is 0. The lowest BCUT2D eigenvalue weighted by atomic mass is 10.3. The first kappa shape index (κ1) is 10.4. The Kier molecular flexibility index (Phi) is 3.85. The van der Waals surface area contributed by atoms with Crippen molar-refractivity contribution >= 4 is 5.69 Å². The Balaban J connectivity index is 2.63. The van der Waals surface area contributed by atoms with Crippen LogP contribution in [0.5, 0.6) is 0 Å². The Bertz CT molecular complexity index is 335. The second-order valence-electron chi connectivity index (χ2n) is 2.73. The van der Waals surface area contributed by atoms with Gasteiger partial charge in [0.15, 0.2) is 5.69 Å². The molecule has 1 unspecified atom stereocenters. The maximum atomic E-state index is 9.07. The molecule has 14 heavy (non-hydrogen) atoms. The highest BCUT2D eigenvalue weighted by Gasteiger charge is 2.04. The van der Waals surface area contributed by atoms with Crippen molar-refractivity contribution in [1.29, 1.82) is 5.26 Å². The first-order chi connectivity index (χ1) is 6.77. The summed E-state index contributed by atoms with van der Waals surface area (Å²) in [5.74, 6) is 0. The van der Waals surface area contributed by atoms with Crippen LogP contribution in [-0.4, -0.2) is 34.5 Å². The molecule has 0 saturated carbocycles. The zero-order chi connectivity index (χ0) is 10.4. The van der Waals surface area contributed by atoms with Crippen LogP contribution in [0.15, 0.2) is 18.3 Å². The van der Waals surface area contributed by atoms with Gasteiger partial charge in [-0.15, -0.1) is 0 Å². The van der Waals surface area contributed by atoms with Crippen molar-refractivity contribution in [2.45, 2.75) is 6.10 Å². The highest BCUT2D eigenvalue weighted by Crippen LogP contribution is 2.09. The van der Waals surface area contributed by atoms with Gasteiger partial charge < -0.3 is 15.5 Å². The minimum atomic E-state index is -0.832. The van der Waals surface area contributed by atoms with Crippen LogP contribution >= 0.6 is 0 Å². The Labute approximate surface area is 81.6 Å². The van der Waals surface area contributed by atoms with Crippen molar-refractivity contribution in [2.24, 2.45) is 0 Å². The molecule has 0 aliphatic heterocycles. The summed E-state index contributed by atoms with van der Waals surface area (Å²) in [6.07, 6.45) is 0.688. The largest absolute Gasteiger partial charge is 0.394 e. The summed E-state index contributed by atoms with van der Waals surface area (Å²) in [6, 6.07) is 5.30. The lowest BCUT2D eigenvalue weighted by Gasteiger charge is -2.10. The van der Waals surface area contributed by atoms with Gasteiger partial charge >= 0.3 is 0 Å². The smallest absolute Gasteiger partial charge is 0.163 e. The molecule has 1 rings (SSSR count). The van der Waals surface area contributed by atoms with Crippen molar-refractivity contribution < 1.29 is 10.2 Å². The molecule has 5 heteroatoms. The molecular formula is C9H11N3O2. The highest BCUT2D eigenvalue weighted by molar-refractivity contribution is 5.53. The van der Waals surface area contributed by atoms with E-state index in [1.165, 1.54) is 6.20 Å². The normalized spacial score (nSPS) is 11.8. The van der Waals surface area contributed by atoms with Gasteiger partial charge in [0, 0.05) is 12.7 Å². The Morgan fingerprint density at radius 2 is 2.43 bits per heavy atom. The van der Waals surface area contributed by atoms with Gasteiger partial charge in [0.05, 0.1) is 18.4 Å². The molecule has 1 aromatic rings. The van der Waals surface area contributed by atoms with Gasteiger partial charge in [0.25, 0.3) is 0 Å². The topological polar surface area (TPSA) is 89.2 Å². The molecule has 0 amide bonds. The molecule has 3 N–H and O–H groups in total. The van der Waals surface area contributed by atoms with Crippen molar-refractivity contribution in [3.05, 3.63) is 24.0 Å². The van der Waals surface area contributed by atoms with Crippen molar-refractivity contribution in [1.82, 2.24) is 4.98 Å². The molecule has 0 aromatic carbocycles. The predicted octanol–water partition coefficient (Wildman–Crippen LogP) is -0.282. The number of anilines is 1. The number of aromatic nitrogens is 1. The number of hydrogen-bond acceptors (Lipinski definition) is 5. The number of aliphatic hydroxyl groups excluding tert-OH is 2. The molecule has 1 heterocycles. The monoisotopic (exact) mass is 193 g/mol. The Morgan fingerprint density at radius 3 is 3.07 bits per heavy atom. The number of aliphatic hydroxyl groups is 2. The van der Waals surface area contributed by atoms with E-state index >= 15 is 0 Å². The molecule has 0 spiro atoms. The first-order valence-corrected chi connectivity index (χ1v) is 4.16. The van der Waals surface area contributed by atoms with Crippen LogP contribution in [-0.2, 0) is 0 Å². The Hall–Kier alpha value is -1.64. The van der Waals surface area contributed by atoms with E-state index in [0.717, 1.165) is 0 Å². The second-order valence-corrected chi connectivity index (χ2v) is 2.73. The van der Waals surface area contributed by atoms with E-state index in [2.05, 4.69) is 10.3 Å². The van der Waals surface area contributed by atoms with Crippen LogP contribution in [0.1, 0.15) is 5.69 Å². The minimum absolute atomic E-state index is 0.191. The molecule has 74 valence electrons. The Morgan fingerprint density at radius 1 is 1.64 bits per heavy atom. The lowest BCUT2D eigenvalue weighted by molar-refractivity contribution is 0.105. The fourth-order valence-electron chi connectivity index (χ4n) is 0.929. The van der Waals surface area contributed by atoms with E-state index < -0.39 is 6.10 Å². The van der Waals surface area contributed by atoms with Crippen molar-refractivity contribution in [3.8, 4) is 6.07 Å². The van der Waals surface area contributed by atoms with Crippen LogP contribution in [0, 0.1) is 11.3 Å². The summed E-state index contributed by atoms with van der Waals surface area (Å²) < 4.78 is 0. The molecule has 0 aliphatic carbocycles. The summed E-state index contributed by atoms with van der Waals surface area (Å²) in [5, 5.41) is 29.1. The van der Waals surface area contributed by atoms with Crippen LogP contribution in [0.2, 0.25) is 0 Å². The summed E-state index contributed by atoms with van der Waals surface area (Å²) in [4.78, 5) is 3.83. The van der Waals surface area contributed by atoms with E-state index in [-0.39, 0.29) is 18.8 Å². The van der Waals surface area contributed by atoms with Gasteiger partial charge in [-0.05, 0) is 12.1 Å². The fourth-order valence-corrected chi connectivity index (χ4v) is 0.929. The number of nitriles is 1. The number of nitrogens with one attached hydrogen (secondary N) is 1. The minimum Gasteiger partial charge on any atom is -0.394 e. The third-order valence-electron chi connectivity index (χ3n) is 1.65. The molecule has 0 radical (unpaired) electrons. The van der Waals surface area contributed by atoms with Crippen LogP contribution in [0.4, 0.5) is 5.69 Å². The van der Waals surface area contributed by atoms with E-state index in [9.17, 15) is 0 Å². The third-order valence-corrected chi connectivity index (χ3v) is 1.65. The average molecular weight is 193 g/mol. The zero-order valence-corrected chi connectivity index (χ0v) is 7.51. The summed E-state index contributed by atoms with van der Waals surface area (Å²) in [6.45, 7) is -0.119. The molecule has 0 aliphatic rings. The van der Waals surface area contributed by atoms with E-state index in [1.54, 1.807) is 12.1 Å². The van der Waals surface area contributed by atoms with Crippen molar-refractivity contribution in [2.75, 3.05) is 18.5 Å². The van der Waals surface area contributed by atoms with E-state index in [0.29, 0.717) is 5.69 Å². The van der Waals surface area contributed by atoms with Gasteiger partial charge in [-0.2, -0.15) is 5.26 Å². The second kappa shape index (κ2) is 5.17. The lowest BCUT2D eigenvalue weighted by Crippen LogP contribution is -2.23. The zero-order valence-electron chi connectivity index (χ0n) is 7.51. The average Bonchev–Trinajstić information content (AvgIpc) is 2.26. The summed E-state index contributed by atoms with van der Waals surface area (Å²) in [5.41, 5.74) is 0.833. The number of pyridine rings is 1. The van der Waals surface area contributed by atoms with Crippen molar-refractivity contribution in [3.63, 3.8) is 0 Å². The molecule has 0 bridgehead atoms. The summed E-state index contributed by atoms with van der Waals surface area (Å²) >= 11 is 0. The number of hydrogen-bond donors (Lipinski definition) is 3.